The van der Waals surface area contributed by atoms with Crippen molar-refractivity contribution in [2.75, 3.05) is 6.54 Å². The fourth-order valence-corrected chi connectivity index (χ4v) is 1.81. The van der Waals surface area contributed by atoms with Gasteiger partial charge in [-0.2, -0.15) is 0 Å². The SMILES string of the molecule is CCC(CC)NCCc1ccc(CO)cc1. The van der Waals surface area contributed by atoms with Crippen molar-refractivity contribution >= 4 is 0 Å². The molecule has 0 radical (unpaired) electrons. The molecule has 1 aromatic rings. The molecule has 0 saturated carbocycles. The molecule has 0 aliphatic rings. The van der Waals surface area contributed by atoms with Gasteiger partial charge in [0.15, 0.2) is 0 Å². The highest BCUT2D eigenvalue weighted by Gasteiger charge is 2.01. The van der Waals surface area contributed by atoms with Gasteiger partial charge in [0.1, 0.15) is 0 Å². The van der Waals surface area contributed by atoms with Crippen molar-refractivity contribution in [3.8, 4) is 0 Å². The molecular formula is C14H23NO. The van der Waals surface area contributed by atoms with Gasteiger partial charge >= 0.3 is 0 Å². The minimum Gasteiger partial charge on any atom is -0.392 e. The lowest BCUT2D eigenvalue weighted by Crippen LogP contribution is -2.29. The van der Waals surface area contributed by atoms with Crippen LogP contribution < -0.4 is 5.32 Å². The lowest BCUT2D eigenvalue weighted by Gasteiger charge is -2.14. The summed E-state index contributed by atoms with van der Waals surface area (Å²) >= 11 is 0. The molecule has 0 saturated heterocycles. The van der Waals surface area contributed by atoms with Crippen molar-refractivity contribution in [1.82, 2.24) is 5.32 Å². The van der Waals surface area contributed by atoms with Gasteiger partial charge < -0.3 is 10.4 Å². The molecule has 0 bridgehead atoms. The number of hydrogen-bond donors (Lipinski definition) is 2. The van der Waals surface area contributed by atoms with E-state index in [9.17, 15) is 0 Å². The molecule has 1 rings (SSSR count). The van der Waals surface area contributed by atoms with Crippen molar-refractivity contribution in [2.24, 2.45) is 0 Å². The van der Waals surface area contributed by atoms with E-state index in [0.29, 0.717) is 6.04 Å². The summed E-state index contributed by atoms with van der Waals surface area (Å²) in [7, 11) is 0. The monoisotopic (exact) mass is 221 g/mol. The predicted octanol–water partition coefficient (Wildman–Crippen LogP) is 2.50. The molecule has 2 heteroatoms. The Morgan fingerprint density at radius 3 is 2.12 bits per heavy atom. The molecule has 2 N–H and O–H groups in total. The molecule has 0 heterocycles. The van der Waals surface area contributed by atoms with E-state index < -0.39 is 0 Å². The van der Waals surface area contributed by atoms with Crippen LogP contribution in [-0.2, 0) is 13.0 Å². The van der Waals surface area contributed by atoms with E-state index >= 15 is 0 Å². The van der Waals surface area contributed by atoms with Gasteiger partial charge in [-0.1, -0.05) is 38.1 Å². The number of nitrogens with one attached hydrogen (secondary N) is 1. The van der Waals surface area contributed by atoms with Crippen molar-refractivity contribution in [3.63, 3.8) is 0 Å². The second kappa shape index (κ2) is 7.42. The number of rotatable bonds is 7. The molecule has 0 amide bonds. The highest BCUT2D eigenvalue weighted by Crippen LogP contribution is 2.05. The first kappa shape index (κ1) is 13.2. The van der Waals surface area contributed by atoms with Gasteiger partial charge in [-0.05, 0) is 36.9 Å². The topological polar surface area (TPSA) is 32.3 Å². The highest BCUT2D eigenvalue weighted by molar-refractivity contribution is 5.22. The van der Waals surface area contributed by atoms with Crippen molar-refractivity contribution in [2.45, 2.75) is 45.8 Å². The maximum Gasteiger partial charge on any atom is 0.0681 e. The van der Waals surface area contributed by atoms with E-state index in [4.69, 9.17) is 5.11 Å². The minimum atomic E-state index is 0.131. The second-order valence-electron chi connectivity index (χ2n) is 4.19. The predicted molar refractivity (Wildman–Crippen MR) is 68.4 cm³/mol. The molecule has 1 aromatic carbocycles. The minimum absolute atomic E-state index is 0.131. The fraction of sp³-hybridized carbons (Fsp3) is 0.571. The maximum atomic E-state index is 8.93. The van der Waals surface area contributed by atoms with Gasteiger partial charge in [0.2, 0.25) is 0 Å². The molecule has 0 aliphatic heterocycles. The van der Waals surface area contributed by atoms with Crippen LogP contribution >= 0.6 is 0 Å². The fourth-order valence-electron chi connectivity index (χ4n) is 1.81. The lowest BCUT2D eigenvalue weighted by atomic mass is 10.1. The molecule has 0 fully saturated rings. The van der Waals surface area contributed by atoms with Crippen LogP contribution in [0.2, 0.25) is 0 Å². The van der Waals surface area contributed by atoms with Crippen molar-refractivity contribution in [3.05, 3.63) is 35.4 Å². The van der Waals surface area contributed by atoms with Crippen LogP contribution in [0.25, 0.3) is 0 Å². The summed E-state index contributed by atoms with van der Waals surface area (Å²) in [6.07, 6.45) is 3.45. The van der Waals surface area contributed by atoms with Gasteiger partial charge in [-0.15, -0.1) is 0 Å². The summed E-state index contributed by atoms with van der Waals surface area (Å²) in [5, 5.41) is 12.5. The van der Waals surface area contributed by atoms with Crippen LogP contribution in [0.5, 0.6) is 0 Å². The number of aliphatic hydroxyl groups is 1. The van der Waals surface area contributed by atoms with E-state index in [2.05, 4.69) is 31.3 Å². The zero-order chi connectivity index (χ0) is 11.8. The molecule has 2 nitrogen and oxygen atoms in total. The maximum absolute atomic E-state index is 8.93. The van der Waals surface area contributed by atoms with Crippen molar-refractivity contribution < 1.29 is 5.11 Å². The molecule has 16 heavy (non-hydrogen) atoms. The van der Waals surface area contributed by atoms with Gasteiger partial charge in [-0.25, -0.2) is 0 Å². The molecule has 0 unspecified atom stereocenters. The first-order valence-electron chi connectivity index (χ1n) is 6.22. The number of benzene rings is 1. The molecule has 0 atom stereocenters. The summed E-state index contributed by atoms with van der Waals surface area (Å²) in [6, 6.07) is 8.83. The third-order valence-corrected chi connectivity index (χ3v) is 3.04. The summed E-state index contributed by atoms with van der Waals surface area (Å²) in [5.41, 5.74) is 2.31. The number of hydrogen-bond acceptors (Lipinski definition) is 2. The van der Waals surface area contributed by atoms with Crippen LogP contribution in [0.3, 0.4) is 0 Å². The van der Waals surface area contributed by atoms with Crippen LogP contribution in [0.4, 0.5) is 0 Å². The van der Waals surface area contributed by atoms with Crippen LogP contribution in [0.1, 0.15) is 37.8 Å². The van der Waals surface area contributed by atoms with Crippen LogP contribution in [0.15, 0.2) is 24.3 Å². The van der Waals surface area contributed by atoms with Gasteiger partial charge in [0.05, 0.1) is 6.61 Å². The van der Waals surface area contributed by atoms with Crippen molar-refractivity contribution in [1.29, 1.82) is 0 Å². The van der Waals surface area contributed by atoms with E-state index in [-0.39, 0.29) is 6.61 Å². The van der Waals surface area contributed by atoms with Gasteiger partial charge in [0, 0.05) is 6.04 Å². The molecule has 0 aliphatic carbocycles. The Kier molecular flexibility index (Phi) is 6.12. The Morgan fingerprint density at radius 2 is 1.62 bits per heavy atom. The summed E-state index contributed by atoms with van der Waals surface area (Å²) < 4.78 is 0. The normalized spacial score (nSPS) is 11.0. The lowest BCUT2D eigenvalue weighted by molar-refractivity contribution is 0.282. The second-order valence-corrected chi connectivity index (χ2v) is 4.19. The Hall–Kier alpha value is -0.860. The third kappa shape index (κ3) is 4.33. The first-order chi connectivity index (χ1) is 7.80. The average molecular weight is 221 g/mol. The molecule has 0 spiro atoms. The van der Waals surface area contributed by atoms with E-state index in [1.54, 1.807) is 0 Å². The zero-order valence-electron chi connectivity index (χ0n) is 10.4. The summed E-state index contributed by atoms with van der Waals surface area (Å²) in [6.45, 7) is 5.60. The van der Waals surface area contributed by atoms with E-state index in [0.717, 1.165) is 18.5 Å². The first-order valence-corrected chi connectivity index (χ1v) is 6.22. The van der Waals surface area contributed by atoms with E-state index in [1.165, 1.54) is 18.4 Å². The zero-order valence-corrected chi connectivity index (χ0v) is 10.4. The Labute approximate surface area is 98.7 Å². The smallest absolute Gasteiger partial charge is 0.0681 e. The number of aliphatic hydroxyl groups excluding tert-OH is 1. The molecule has 90 valence electrons. The van der Waals surface area contributed by atoms with Crippen LogP contribution in [0, 0.1) is 0 Å². The summed E-state index contributed by atoms with van der Waals surface area (Å²) in [4.78, 5) is 0. The quantitative estimate of drug-likeness (QED) is 0.741. The van der Waals surface area contributed by atoms with Gasteiger partial charge in [-0.3, -0.25) is 0 Å². The average Bonchev–Trinajstić information content (AvgIpc) is 2.35. The Bertz CT molecular complexity index is 277. The van der Waals surface area contributed by atoms with Gasteiger partial charge in [0.25, 0.3) is 0 Å². The highest BCUT2D eigenvalue weighted by atomic mass is 16.3. The largest absolute Gasteiger partial charge is 0.392 e. The Balaban J connectivity index is 2.31. The Morgan fingerprint density at radius 1 is 1.06 bits per heavy atom. The third-order valence-electron chi connectivity index (χ3n) is 3.04. The molecular weight excluding hydrogens is 198 g/mol. The van der Waals surface area contributed by atoms with Crippen LogP contribution in [-0.4, -0.2) is 17.7 Å². The molecule has 0 aromatic heterocycles. The summed E-state index contributed by atoms with van der Waals surface area (Å²) in [5.74, 6) is 0. The standard InChI is InChI=1S/C14H23NO/c1-3-14(4-2)15-10-9-12-5-7-13(11-16)8-6-12/h5-8,14-16H,3-4,9-11H2,1-2H3. The van der Waals surface area contributed by atoms with E-state index in [1.807, 2.05) is 12.1 Å².